The Kier molecular flexibility index (Phi) is 4.74. The second-order valence-electron chi connectivity index (χ2n) is 5.44. The molecule has 1 heterocycles. The number of aryl methyl sites for hydroxylation is 1. The largest absolute Gasteiger partial charge is 0.348 e. The van der Waals surface area contributed by atoms with Gasteiger partial charge in [-0.15, -0.1) is 0 Å². The van der Waals surface area contributed by atoms with Crippen molar-refractivity contribution in [1.82, 2.24) is 14.7 Å². The van der Waals surface area contributed by atoms with Crippen LogP contribution in [0.4, 0.5) is 5.82 Å². The first-order chi connectivity index (χ1) is 10.7. The highest BCUT2D eigenvalue weighted by atomic mass is 32.2. The van der Waals surface area contributed by atoms with Crippen molar-refractivity contribution in [3.05, 3.63) is 42.1 Å². The fourth-order valence-corrected chi connectivity index (χ4v) is 3.20. The van der Waals surface area contributed by atoms with Crippen molar-refractivity contribution in [2.45, 2.75) is 19.1 Å². The van der Waals surface area contributed by atoms with Gasteiger partial charge < -0.3 is 4.90 Å². The zero-order chi connectivity index (χ0) is 17.2. The number of aromatic nitrogens is 2. The summed E-state index contributed by atoms with van der Waals surface area (Å²) in [4.78, 5) is 13.2. The Morgan fingerprint density at radius 1 is 1.26 bits per heavy atom. The molecule has 1 aromatic carbocycles. The van der Waals surface area contributed by atoms with E-state index < -0.39 is 21.2 Å². The zero-order valence-corrected chi connectivity index (χ0v) is 14.3. The van der Waals surface area contributed by atoms with Gasteiger partial charge in [0, 0.05) is 20.2 Å². The van der Waals surface area contributed by atoms with Gasteiger partial charge in [0.2, 0.25) is 15.9 Å². The molecule has 0 aliphatic carbocycles. The van der Waals surface area contributed by atoms with Gasteiger partial charge >= 0.3 is 0 Å². The number of hydrogen-bond donors (Lipinski definition) is 1. The lowest BCUT2D eigenvalue weighted by Crippen LogP contribution is -2.40. The normalized spacial score (nSPS) is 12.7. The summed E-state index contributed by atoms with van der Waals surface area (Å²) in [7, 11) is -0.833. The first kappa shape index (κ1) is 17.0. The predicted octanol–water partition coefficient (Wildman–Crippen LogP) is 1.40. The topological polar surface area (TPSA) is 84.3 Å². The predicted molar refractivity (Wildman–Crippen MR) is 89.0 cm³/mol. The highest BCUT2D eigenvalue weighted by Gasteiger charge is 2.30. The number of rotatable bonds is 5. The number of carbonyl (C=O) groups excluding carboxylic acids is 1. The van der Waals surface area contributed by atoms with E-state index >= 15 is 0 Å². The number of hydrogen-bond acceptors (Lipinski definition) is 4. The van der Waals surface area contributed by atoms with Crippen molar-refractivity contribution >= 4 is 21.7 Å². The smallest absolute Gasteiger partial charge is 0.245 e. The average molecular weight is 336 g/mol. The average Bonchev–Trinajstić information content (AvgIpc) is 2.93. The molecule has 1 unspecified atom stereocenters. The summed E-state index contributed by atoms with van der Waals surface area (Å²) >= 11 is 0. The molecule has 1 aromatic heterocycles. The van der Waals surface area contributed by atoms with E-state index in [1.54, 1.807) is 6.07 Å². The third-order valence-electron chi connectivity index (χ3n) is 3.49. The Morgan fingerprint density at radius 3 is 2.52 bits per heavy atom. The van der Waals surface area contributed by atoms with Crippen LogP contribution in [0.2, 0.25) is 0 Å². The fourth-order valence-electron chi connectivity index (χ4n) is 2.10. The van der Waals surface area contributed by atoms with Crippen LogP contribution in [0.3, 0.4) is 0 Å². The van der Waals surface area contributed by atoms with Crippen LogP contribution in [0.25, 0.3) is 5.69 Å². The van der Waals surface area contributed by atoms with Crippen molar-refractivity contribution in [3.63, 3.8) is 0 Å². The van der Waals surface area contributed by atoms with Gasteiger partial charge in [-0.2, -0.15) is 5.10 Å². The monoisotopic (exact) mass is 336 g/mol. The summed E-state index contributed by atoms with van der Waals surface area (Å²) in [6.07, 6.45) is 1.50. The van der Waals surface area contributed by atoms with E-state index in [0.717, 1.165) is 11.3 Å². The molecule has 0 bridgehead atoms. The summed E-state index contributed by atoms with van der Waals surface area (Å²) in [5.41, 5.74) is 1.72. The molecule has 0 fully saturated rings. The zero-order valence-electron chi connectivity index (χ0n) is 13.5. The van der Waals surface area contributed by atoms with Crippen LogP contribution in [0.1, 0.15) is 12.5 Å². The van der Waals surface area contributed by atoms with Crippen molar-refractivity contribution in [2.24, 2.45) is 0 Å². The van der Waals surface area contributed by atoms with Crippen LogP contribution in [-0.4, -0.2) is 48.4 Å². The minimum Gasteiger partial charge on any atom is -0.348 e. The number of carbonyl (C=O) groups is 1. The lowest BCUT2D eigenvalue weighted by Gasteiger charge is -2.18. The number of nitrogens with one attached hydrogen (secondary N) is 1. The van der Waals surface area contributed by atoms with Crippen LogP contribution < -0.4 is 4.72 Å². The van der Waals surface area contributed by atoms with Crippen molar-refractivity contribution in [2.75, 3.05) is 18.8 Å². The van der Waals surface area contributed by atoms with Gasteiger partial charge in [0.1, 0.15) is 5.82 Å². The van der Waals surface area contributed by atoms with Crippen molar-refractivity contribution in [1.29, 1.82) is 0 Å². The van der Waals surface area contributed by atoms with E-state index in [-0.39, 0.29) is 5.82 Å². The van der Waals surface area contributed by atoms with E-state index in [0.29, 0.717) is 0 Å². The lowest BCUT2D eigenvalue weighted by atomic mass is 10.2. The molecule has 8 heteroatoms. The molecule has 0 saturated heterocycles. The summed E-state index contributed by atoms with van der Waals surface area (Å²) in [5, 5.41) is 2.97. The van der Waals surface area contributed by atoms with Gasteiger partial charge in [-0.05, 0) is 25.5 Å². The Morgan fingerprint density at radius 2 is 1.91 bits per heavy atom. The molecule has 124 valence electrons. The fraction of sp³-hybridized carbons (Fsp3) is 0.333. The molecule has 2 aromatic rings. The summed E-state index contributed by atoms with van der Waals surface area (Å²) in [6.45, 7) is 3.27. The van der Waals surface area contributed by atoms with Crippen LogP contribution in [0.15, 0.2) is 36.5 Å². The molecule has 2 rings (SSSR count). The number of sulfonamides is 1. The second-order valence-corrected chi connectivity index (χ2v) is 7.44. The molecule has 0 spiro atoms. The summed E-state index contributed by atoms with van der Waals surface area (Å²) in [6, 6.07) is 9.04. The molecular weight excluding hydrogens is 316 g/mol. The molecule has 0 aliphatic heterocycles. The minimum absolute atomic E-state index is 0.290. The van der Waals surface area contributed by atoms with Gasteiger partial charge in [0.25, 0.3) is 0 Å². The maximum absolute atomic E-state index is 12.4. The molecule has 0 aliphatic rings. The molecule has 1 amide bonds. The van der Waals surface area contributed by atoms with E-state index in [2.05, 4.69) is 9.82 Å². The Labute approximate surface area is 136 Å². The Balaban J connectivity index is 2.34. The first-order valence-electron chi connectivity index (χ1n) is 7.07. The molecule has 7 nitrogen and oxygen atoms in total. The summed E-state index contributed by atoms with van der Waals surface area (Å²) < 4.78 is 28.8. The second kappa shape index (κ2) is 6.41. The Bertz CT molecular complexity index is 812. The standard InChI is InChI=1S/C15H20N4O3S/c1-11-7-5-6-8-13(11)19-14(9-10-16-19)17-23(21,22)12(2)15(20)18(3)4/h5-10,12,17H,1-4H3. The highest BCUT2D eigenvalue weighted by Crippen LogP contribution is 2.20. The number of amides is 1. The molecule has 0 radical (unpaired) electrons. The SMILES string of the molecule is Cc1ccccc1-n1nccc1NS(=O)(=O)C(C)C(=O)N(C)C. The van der Waals surface area contributed by atoms with E-state index in [9.17, 15) is 13.2 Å². The van der Waals surface area contributed by atoms with Gasteiger partial charge in [-0.25, -0.2) is 13.1 Å². The van der Waals surface area contributed by atoms with Crippen molar-refractivity contribution in [3.8, 4) is 5.69 Å². The van der Waals surface area contributed by atoms with Gasteiger partial charge in [-0.3, -0.25) is 9.52 Å². The third kappa shape index (κ3) is 3.53. The number of anilines is 1. The van der Waals surface area contributed by atoms with Crippen LogP contribution in [-0.2, 0) is 14.8 Å². The molecule has 23 heavy (non-hydrogen) atoms. The number of para-hydroxylation sites is 1. The van der Waals surface area contributed by atoms with Gasteiger partial charge in [-0.1, -0.05) is 18.2 Å². The van der Waals surface area contributed by atoms with Gasteiger partial charge in [0.15, 0.2) is 5.25 Å². The maximum atomic E-state index is 12.4. The third-order valence-corrected chi connectivity index (χ3v) is 5.11. The highest BCUT2D eigenvalue weighted by molar-refractivity contribution is 7.94. The van der Waals surface area contributed by atoms with E-state index in [4.69, 9.17) is 0 Å². The summed E-state index contributed by atoms with van der Waals surface area (Å²) in [5.74, 6) is -0.197. The first-order valence-corrected chi connectivity index (χ1v) is 8.61. The quantitative estimate of drug-likeness (QED) is 0.894. The van der Waals surface area contributed by atoms with Gasteiger partial charge in [0.05, 0.1) is 11.9 Å². The maximum Gasteiger partial charge on any atom is 0.245 e. The molecule has 1 N–H and O–H groups in total. The molecule has 0 saturated carbocycles. The van der Waals surface area contributed by atoms with E-state index in [1.165, 1.54) is 36.8 Å². The molecule has 1 atom stereocenters. The number of benzene rings is 1. The van der Waals surface area contributed by atoms with Crippen LogP contribution in [0.5, 0.6) is 0 Å². The van der Waals surface area contributed by atoms with Crippen molar-refractivity contribution < 1.29 is 13.2 Å². The Hall–Kier alpha value is -2.35. The number of nitrogens with zero attached hydrogens (tertiary/aromatic N) is 3. The minimum atomic E-state index is -3.87. The molecular formula is C15H20N4O3S. The van der Waals surface area contributed by atoms with Crippen LogP contribution in [0, 0.1) is 6.92 Å². The lowest BCUT2D eigenvalue weighted by molar-refractivity contribution is -0.127. The van der Waals surface area contributed by atoms with Crippen LogP contribution >= 0.6 is 0 Å². The van der Waals surface area contributed by atoms with E-state index in [1.807, 2.05) is 31.2 Å².